The fourth-order valence-corrected chi connectivity index (χ4v) is 5.25. The maximum absolute atomic E-state index is 12.6. The van der Waals surface area contributed by atoms with Crippen LogP contribution in [0.15, 0.2) is 30.3 Å². The summed E-state index contributed by atoms with van der Waals surface area (Å²) >= 11 is 1.41. The van der Waals surface area contributed by atoms with Gasteiger partial charge in [0.2, 0.25) is 0 Å². The highest BCUT2D eigenvalue weighted by Crippen LogP contribution is 2.35. The molecule has 0 bridgehead atoms. The summed E-state index contributed by atoms with van der Waals surface area (Å²) in [4.78, 5) is 27.5. The lowest BCUT2D eigenvalue weighted by molar-refractivity contribution is -0.140. The van der Waals surface area contributed by atoms with Gasteiger partial charge in [-0.15, -0.1) is 11.3 Å². The van der Waals surface area contributed by atoms with E-state index in [1.807, 2.05) is 35.2 Å². The van der Waals surface area contributed by atoms with E-state index in [0.29, 0.717) is 16.8 Å². The highest BCUT2D eigenvalue weighted by Gasteiger charge is 2.35. The molecule has 0 N–H and O–H groups in total. The van der Waals surface area contributed by atoms with Gasteiger partial charge in [0, 0.05) is 17.3 Å². The van der Waals surface area contributed by atoms with Crippen LogP contribution in [-0.4, -0.2) is 36.0 Å². The molecule has 2 fully saturated rings. The molecule has 4 nitrogen and oxygen atoms in total. The standard InChI is InChI=1S/C20H23NO3S/c22-19(21-11-5-8-14-6-1-3-9-16(14)21)13-24-20(23)18-12-15-7-2-4-10-17(15)25-18/h2,4,7,10,12,14,16H,1,3,5-6,8-9,11,13H2/t14-,16-/m1/s1. The van der Waals surface area contributed by atoms with E-state index < -0.39 is 5.97 Å². The zero-order valence-corrected chi connectivity index (χ0v) is 15.1. The van der Waals surface area contributed by atoms with Crippen LogP contribution in [0.25, 0.3) is 10.1 Å². The lowest BCUT2D eigenvalue weighted by atomic mass is 9.78. The van der Waals surface area contributed by atoms with Crippen LogP contribution < -0.4 is 0 Å². The topological polar surface area (TPSA) is 46.6 Å². The number of rotatable bonds is 3. The zero-order chi connectivity index (χ0) is 17.2. The van der Waals surface area contributed by atoms with E-state index in [-0.39, 0.29) is 12.5 Å². The highest BCUT2D eigenvalue weighted by molar-refractivity contribution is 7.20. The number of amides is 1. The van der Waals surface area contributed by atoms with Gasteiger partial charge in [0.15, 0.2) is 6.61 Å². The van der Waals surface area contributed by atoms with Crippen LogP contribution in [0.1, 0.15) is 48.2 Å². The fraction of sp³-hybridized carbons (Fsp3) is 0.500. The van der Waals surface area contributed by atoms with Gasteiger partial charge in [-0.05, 0) is 49.1 Å². The van der Waals surface area contributed by atoms with Gasteiger partial charge in [-0.25, -0.2) is 4.79 Å². The monoisotopic (exact) mass is 357 g/mol. The van der Waals surface area contributed by atoms with Crippen LogP contribution in [0.4, 0.5) is 0 Å². The van der Waals surface area contributed by atoms with Crippen molar-refractivity contribution in [1.29, 1.82) is 0 Å². The molecule has 0 spiro atoms. The van der Waals surface area contributed by atoms with Crippen molar-refractivity contribution in [2.75, 3.05) is 13.2 Å². The number of carbonyl (C=O) groups is 2. The second-order valence-corrected chi connectivity index (χ2v) is 8.15. The Balaban J connectivity index is 1.38. The average Bonchev–Trinajstić information content (AvgIpc) is 3.09. The van der Waals surface area contributed by atoms with Crippen LogP contribution in [0.5, 0.6) is 0 Å². The van der Waals surface area contributed by atoms with Crippen molar-refractivity contribution in [3.8, 4) is 0 Å². The molecular weight excluding hydrogens is 334 g/mol. The first kappa shape index (κ1) is 16.6. The predicted molar refractivity (Wildman–Crippen MR) is 98.8 cm³/mol. The number of nitrogens with zero attached hydrogens (tertiary/aromatic N) is 1. The first-order valence-electron chi connectivity index (χ1n) is 9.17. The average molecular weight is 357 g/mol. The number of ether oxygens (including phenoxy) is 1. The van der Waals surface area contributed by atoms with Crippen LogP contribution in [0, 0.1) is 5.92 Å². The molecule has 4 rings (SSSR count). The van der Waals surface area contributed by atoms with Gasteiger partial charge in [-0.1, -0.05) is 31.0 Å². The lowest BCUT2D eigenvalue weighted by Gasteiger charge is -2.44. The second-order valence-electron chi connectivity index (χ2n) is 7.07. The molecule has 25 heavy (non-hydrogen) atoms. The fourth-order valence-electron chi connectivity index (χ4n) is 4.30. The van der Waals surface area contributed by atoms with Crippen molar-refractivity contribution in [1.82, 2.24) is 4.90 Å². The van der Waals surface area contributed by atoms with Gasteiger partial charge < -0.3 is 9.64 Å². The smallest absolute Gasteiger partial charge is 0.348 e. The van der Waals surface area contributed by atoms with E-state index in [2.05, 4.69) is 0 Å². The third-order valence-corrected chi connectivity index (χ3v) is 6.61. The molecule has 1 aromatic carbocycles. The molecule has 1 aliphatic heterocycles. The minimum Gasteiger partial charge on any atom is -0.451 e. The number of hydrogen-bond donors (Lipinski definition) is 0. The molecule has 1 saturated heterocycles. The second kappa shape index (κ2) is 7.16. The molecule has 5 heteroatoms. The van der Waals surface area contributed by atoms with E-state index in [1.54, 1.807) is 0 Å². The Morgan fingerprint density at radius 1 is 1.12 bits per heavy atom. The number of benzene rings is 1. The van der Waals surface area contributed by atoms with Crippen molar-refractivity contribution in [2.45, 2.75) is 44.6 Å². The summed E-state index contributed by atoms with van der Waals surface area (Å²) in [6, 6.07) is 10.1. The van der Waals surface area contributed by atoms with Crippen molar-refractivity contribution in [2.24, 2.45) is 5.92 Å². The van der Waals surface area contributed by atoms with E-state index in [4.69, 9.17) is 4.74 Å². The Morgan fingerprint density at radius 2 is 1.92 bits per heavy atom. The van der Waals surface area contributed by atoms with Gasteiger partial charge in [0.1, 0.15) is 4.88 Å². The van der Waals surface area contributed by atoms with Gasteiger partial charge in [-0.2, -0.15) is 0 Å². The molecule has 2 heterocycles. The van der Waals surface area contributed by atoms with Crippen molar-refractivity contribution in [3.63, 3.8) is 0 Å². The van der Waals surface area contributed by atoms with Crippen molar-refractivity contribution in [3.05, 3.63) is 35.2 Å². The number of thiophene rings is 1. The van der Waals surface area contributed by atoms with Crippen LogP contribution in [-0.2, 0) is 9.53 Å². The molecule has 0 unspecified atom stereocenters. The minimum absolute atomic E-state index is 0.0361. The summed E-state index contributed by atoms with van der Waals surface area (Å²) in [6.07, 6.45) is 7.11. The molecular formula is C20H23NO3S. The van der Waals surface area contributed by atoms with Crippen LogP contribution in [0.2, 0.25) is 0 Å². The number of hydrogen-bond acceptors (Lipinski definition) is 4. The minimum atomic E-state index is -0.397. The Kier molecular flexibility index (Phi) is 4.75. The summed E-state index contributed by atoms with van der Waals surface area (Å²) in [7, 11) is 0. The normalized spacial score (nSPS) is 23.3. The van der Waals surface area contributed by atoms with Crippen molar-refractivity contribution < 1.29 is 14.3 Å². The third kappa shape index (κ3) is 3.43. The number of esters is 1. The molecule has 1 aliphatic carbocycles. The van der Waals surface area contributed by atoms with Crippen LogP contribution >= 0.6 is 11.3 Å². The van der Waals surface area contributed by atoms with E-state index in [9.17, 15) is 9.59 Å². The quantitative estimate of drug-likeness (QED) is 0.772. The number of carbonyl (C=O) groups excluding carboxylic acids is 2. The SMILES string of the molecule is O=C(OCC(=O)N1CCC[C@H]2CCCC[C@H]21)c1cc2ccccc2s1. The first-order valence-corrected chi connectivity index (χ1v) is 9.99. The molecule has 0 radical (unpaired) electrons. The lowest BCUT2D eigenvalue weighted by Crippen LogP contribution is -2.50. The molecule has 1 amide bonds. The molecule has 2 atom stereocenters. The number of fused-ring (bicyclic) bond motifs is 2. The Morgan fingerprint density at radius 3 is 2.80 bits per heavy atom. The number of piperidine rings is 1. The van der Waals surface area contributed by atoms with Gasteiger partial charge >= 0.3 is 5.97 Å². The van der Waals surface area contributed by atoms with E-state index >= 15 is 0 Å². The Hall–Kier alpha value is -1.88. The van der Waals surface area contributed by atoms with Gasteiger partial charge in [0.25, 0.3) is 5.91 Å². The summed E-state index contributed by atoms with van der Waals surface area (Å²) in [5.41, 5.74) is 0. The molecule has 2 aliphatic rings. The molecule has 1 saturated carbocycles. The number of likely N-dealkylation sites (tertiary alicyclic amines) is 1. The van der Waals surface area contributed by atoms with Crippen LogP contribution in [0.3, 0.4) is 0 Å². The highest BCUT2D eigenvalue weighted by atomic mass is 32.1. The largest absolute Gasteiger partial charge is 0.451 e. The Bertz CT molecular complexity index is 749. The summed E-state index contributed by atoms with van der Waals surface area (Å²) in [6.45, 7) is 0.663. The third-order valence-electron chi connectivity index (χ3n) is 5.52. The summed E-state index contributed by atoms with van der Waals surface area (Å²) < 4.78 is 6.39. The zero-order valence-electron chi connectivity index (χ0n) is 14.3. The van der Waals surface area contributed by atoms with Gasteiger partial charge in [-0.3, -0.25) is 4.79 Å². The Labute approximate surface area is 151 Å². The molecule has 1 aromatic heterocycles. The van der Waals surface area contributed by atoms with E-state index in [0.717, 1.165) is 29.5 Å². The molecule has 2 aromatic rings. The summed E-state index contributed by atoms with van der Waals surface area (Å²) in [5, 5.41) is 1.03. The van der Waals surface area contributed by atoms with Gasteiger partial charge in [0.05, 0.1) is 0 Å². The van der Waals surface area contributed by atoms with Crippen molar-refractivity contribution >= 4 is 33.3 Å². The maximum atomic E-state index is 12.6. The predicted octanol–water partition coefficient (Wildman–Crippen LogP) is 4.24. The first-order chi connectivity index (χ1) is 12.2. The molecule has 132 valence electrons. The summed E-state index contributed by atoms with van der Waals surface area (Å²) in [5.74, 6) is 0.211. The van der Waals surface area contributed by atoms with E-state index in [1.165, 1.54) is 37.0 Å². The maximum Gasteiger partial charge on any atom is 0.348 e.